The van der Waals surface area contributed by atoms with Crippen molar-refractivity contribution in [1.29, 1.82) is 5.26 Å². The third-order valence-electron chi connectivity index (χ3n) is 5.50. The molecular formula is C25H19BrFN5O3. The highest BCUT2D eigenvalue weighted by atomic mass is 79.9. The Morgan fingerprint density at radius 3 is 2.71 bits per heavy atom. The minimum Gasteiger partial charge on any atom is -0.478 e. The van der Waals surface area contributed by atoms with Gasteiger partial charge in [0.15, 0.2) is 11.9 Å². The molecule has 0 fully saturated rings. The predicted octanol–water partition coefficient (Wildman–Crippen LogP) is 5.89. The Morgan fingerprint density at radius 1 is 1.23 bits per heavy atom. The number of pyridine rings is 1. The van der Waals surface area contributed by atoms with E-state index >= 15 is 0 Å². The van der Waals surface area contributed by atoms with Gasteiger partial charge < -0.3 is 14.9 Å². The molecule has 176 valence electrons. The fourth-order valence-corrected chi connectivity index (χ4v) is 4.18. The zero-order valence-corrected chi connectivity index (χ0v) is 20.4. The Balaban J connectivity index is 1.75. The van der Waals surface area contributed by atoms with E-state index in [0.717, 1.165) is 22.4 Å². The van der Waals surface area contributed by atoms with Crippen LogP contribution in [0.3, 0.4) is 0 Å². The molecule has 0 spiro atoms. The van der Waals surface area contributed by atoms with Crippen LogP contribution in [0.2, 0.25) is 0 Å². The van der Waals surface area contributed by atoms with Crippen molar-refractivity contribution in [2.24, 2.45) is 7.05 Å². The summed E-state index contributed by atoms with van der Waals surface area (Å²) in [6.45, 7) is 1.70. The van der Waals surface area contributed by atoms with E-state index < -0.39 is 22.7 Å². The lowest BCUT2D eigenvalue weighted by molar-refractivity contribution is -0.390. The van der Waals surface area contributed by atoms with Gasteiger partial charge in [-0.15, -0.1) is 0 Å². The molecule has 2 heterocycles. The number of ether oxygens (including phenoxy) is 1. The molecule has 1 atom stereocenters. The Hall–Kier alpha value is -4.10. The van der Waals surface area contributed by atoms with E-state index in [4.69, 9.17) is 10.00 Å². The van der Waals surface area contributed by atoms with Crippen molar-refractivity contribution in [2.45, 2.75) is 19.4 Å². The van der Waals surface area contributed by atoms with Crippen LogP contribution in [0.4, 0.5) is 10.2 Å². The van der Waals surface area contributed by atoms with E-state index in [1.165, 1.54) is 24.4 Å². The molecule has 4 aromatic rings. The number of aromatic nitrogens is 3. The van der Waals surface area contributed by atoms with Crippen molar-refractivity contribution in [3.8, 4) is 22.9 Å². The molecule has 2 aromatic carbocycles. The van der Waals surface area contributed by atoms with E-state index in [0.29, 0.717) is 22.2 Å². The van der Waals surface area contributed by atoms with E-state index in [1.807, 2.05) is 30.3 Å². The molecular weight excluding hydrogens is 517 g/mol. The largest absolute Gasteiger partial charge is 0.478 e. The smallest absolute Gasteiger partial charge is 0.406 e. The molecule has 8 nitrogen and oxygen atoms in total. The Morgan fingerprint density at radius 2 is 2.00 bits per heavy atom. The van der Waals surface area contributed by atoms with Gasteiger partial charge in [-0.2, -0.15) is 10.4 Å². The number of hydrogen-bond acceptors (Lipinski definition) is 6. The lowest BCUT2D eigenvalue weighted by Gasteiger charge is -2.20. The minimum absolute atomic E-state index is 0.0284. The SMILES string of the molecule is C[C@@H](Oc1cc(Br)cnc1[N+](=O)[O-])c1cc(F)ccc1-c1ccccc1Cc1cc(C#N)nn1C. The number of aryl methyl sites for hydroxylation is 1. The van der Waals surface area contributed by atoms with Gasteiger partial charge in [0.05, 0.1) is 4.47 Å². The van der Waals surface area contributed by atoms with Gasteiger partial charge in [0.25, 0.3) is 0 Å². The first-order valence-corrected chi connectivity index (χ1v) is 11.3. The Labute approximate surface area is 208 Å². The summed E-state index contributed by atoms with van der Waals surface area (Å²) in [5.74, 6) is -0.911. The second-order valence-electron chi connectivity index (χ2n) is 7.81. The third-order valence-corrected chi connectivity index (χ3v) is 5.93. The van der Waals surface area contributed by atoms with Crippen LogP contribution in [-0.2, 0) is 13.5 Å². The van der Waals surface area contributed by atoms with Gasteiger partial charge in [0.2, 0.25) is 5.75 Å². The number of rotatable bonds is 7. The topological polar surface area (TPSA) is 107 Å². The van der Waals surface area contributed by atoms with Crippen LogP contribution in [0, 0.1) is 27.3 Å². The fourth-order valence-electron chi connectivity index (χ4n) is 3.86. The van der Waals surface area contributed by atoms with Crippen molar-refractivity contribution in [1.82, 2.24) is 14.8 Å². The van der Waals surface area contributed by atoms with Crippen molar-refractivity contribution < 1.29 is 14.1 Å². The summed E-state index contributed by atoms with van der Waals surface area (Å²) in [6.07, 6.45) is 1.08. The van der Waals surface area contributed by atoms with Crippen LogP contribution in [-0.4, -0.2) is 19.7 Å². The molecule has 0 aliphatic carbocycles. The summed E-state index contributed by atoms with van der Waals surface area (Å²) in [6, 6.07) is 17.3. The first-order valence-electron chi connectivity index (χ1n) is 10.5. The number of halogens is 2. The van der Waals surface area contributed by atoms with E-state index in [1.54, 1.807) is 30.8 Å². The van der Waals surface area contributed by atoms with Gasteiger partial charge >= 0.3 is 5.82 Å². The first-order chi connectivity index (χ1) is 16.8. The van der Waals surface area contributed by atoms with Crippen molar-refractivity contribution >= 4 is 21.7 Å². The van der Waals surface area contributed by atoms with Crippen LogP contribution in [0.5, 0.6) is 5.75 Å². The number of nitrogens with zero attached hydrogens (tertiary/aromatic N) is 5. The summed E-state index contributed by atoms with van der Waals surface area (Å²) in [5.41, 5.74) is 4.21. The second kappa shape index (κ2) is 10.0. The monoisotopic (exact) mass is 535 g/mol. The third kappa shape index (κ3) is 5.20. The fraction of sp³-hybridized carbons (Fsp3) is 0.160. The zero-order valence-electron chi connectivity index (χ0n) is 18.8. The van der Waals surface area contributed by atoms with Crippen LogP contribution in [0.25, 0.3) is 11.1 Å². The Bertz CT molecular complexity index is 1460. The van der Waals surface area contributed by atoms with Gasteiger partial charge in [0.1, 0.15) is 18.0 Å². The molecule has 10 heteroatoms. The highest BCUT2D eigenvalue weighted by Crippen LogP contribution is 2.37. The first kappa shape index (κ1) is 24.0. The maximum absolute atomic E-state index is 14.3. The molecule has 0 bridgehead atoms. The molecule has 0 radical (unpaired) electrons. The van der Waals surface area contributed by atoms with Gasteiger partial charge in [-0.1, -0.05) is 30.3 Å². The number of nitro groups is 1. The average Bonchev–Trinajstić information content (AvgIpc) is 3.18. The standard InChI is InChI=1S/C25H19BrFN5O3/c1-15(35-24-10-17(26)14-29-25(24)32(33)34)23-11-18(27)7-8-22(23)21-6-4-3-5-16(21)9-20-12-19(13-28)30-31(20)2/h3-8,10-12,14-15H,9H2,1-2H3/t15-/m1/s1. The maximum atomic E-state index is 14.3. The number of hydrogen-bond donors (Lipinski definition) is 0. The summed E-state index contributed by atoms with van der Waals surface area (Å²) in [7, 11) is 1.77. The van der Waals surface area contributed by atoms with Crippen LogP contribution in [0.15, 0.2) is 65.3 Å². The summed E-state index contributed by atoms with van der Waals surface area (Å²) >= 11 is 3.26. The van der Waals surface area contributed by atoms with Crippen LogP contribution >= 0.6 is 15.9 Å². The molecule has 0 aliphatic heterocycles. The average molecular weight is 536 g/mol. The summed E-state index contributed by atoms with van der Waals surface area (Å²) < 4.78 is 22.5. The molecule has 0 amide bonds. The van der Waals surface area contributed by atoms with Crippen molar-refractivity contribution in [3.05, 3.63) is 104 Å². The predicted molar refractivity (Wildman–Crippen MR) is 130 cm³/mol. The van der Waals surface area contributed by atoms with Gasteiger partial charge in [-0.25, -0.2) is 4.39 Å². The molecule has 0 unspecified atom stereocenters. The van der Waals surface area contributed by atoms with Crippen molar-refractivity contribution in [2.75, 3.05) is 0 Å². The lowest BCUT2D eigenvalue weighted by atomic mass is 9.91. The van der Waals surface area contributed by atoms with E-state index in [9.17, 15) is 14.5 Å². The van der Waals surface area contributed by atoms with Gasteiger partial charge in [0, 0.05) is 30.8 Å². The van der Waals surface area contributed by atoms with Gasteiger partial charge in [-0.05, 0) is 67.7 Å². The number of benzene rings is 2. The quantitative estimate of drug-likeness (QED) is 0.215. The summed E-state index contributed by atoms with van der Waals surface area (Å²) in [4.78, 5) is 14.6. The normalized spacial score (nSPS) is 11.6. The van der Waals surface area contributed by atoms with E-state index in [2.05, 4.69) is 26.0 Å². The molecule has 4 rings (SSSR count). The highest BCUT2D eigenvalue weighted by Gasteiger charge is 2.23. The van der Waals surface area contributed by atoms with Crippen LogP contribution in [0.1, 0.15) is 35.5 Å². The molecule has 0 aliphatic rings. The summed E-state index contributed by atoms with van der Waals surface area (Å²) in [5, 5.41) is 24.8. The van der Waals surface area contributed by atoms with Crippen molar-refractivity contribution in [3.63, 3.8) is 0 Å². The van der Waals surface area contributed by atoms with Gasteiger partial charge in [-0.3, -0.25) is 4.68 Å². The minimum atomic E-state index is -0.731. The second-order valence-corrected chi connectivity index (χ2v) is 8.73. The maximum Gasteiger partial charge on any atom is 0.406 e. The lowest BCUT2D eigenvalue weighted by Crippen LogP contribution is -2.08. The van der Waals surface area contributed by atoms with E-state index in [-0.39, 0.29) is 5.75 Å². The molecule has 35 heavy (non-hydrogen) atoms. The zero-order chi connectivity index (χ0) is 25.1. The molecule has 0 N–H and O–H groups in total. The molecule has 0 saturated carbocycles. The molecule has 0 saturated heterocycles. The number of nitriles is 1. The Kier molecular flexibility index (Phi) is 6.89. The highest BCUT2D eigenvalue weighted by molar-refractivity contribution is 9.10. The molecule has 2 aromatic heterocycles. The van der Waals surface area contributed by atoms with Crippen LogP contribution < -0.4 is 4.74 Å².